The average molecular weight is 298 g/mol. The Morgan fingerprint density at radius 3 is 2.33 bits per heavy atom. The van der Waals surface area contributed by atoms with Crippen molar-refractivity contribution >= 4 is 17.1 Å². The molecule has 0 heterocycles. The molecule has 0 spiro atoms. The van der Waals surface area contributed by atoms with E-state index in [1.807, 2.05) is 0 Å². The number of rotatable bonds is 3. The van der Waals surface area contributed by atoms with Crippen LogP contribution in [0.1, 0.15) is 5.56 Å². The number of nitro groups is 1. The maximum atomic E-state index is 12.8. The van der Waals surface area contributed by atoms with E-state index in [-0.39, 0.29) is 11.4 Å². The number of phenolic OH excluding ortho intramolecular Hbond substituents is 1. The zero-order chi connectivity index (χ0) is 15.6. The number of alkyl halides is 3. The van der Waals surface area contributed by atoms with Gasteiger partial charge in [-0.05, 0) is 24.3 Å². The van der Waals surface area contributed by atoms with Crippen LogP contribution in [-0.4, -0.2) is 10.0 Å². The Labute approximate surface area is 116 Å². The molecule has 0 radical (unpaired) electrons. The van der Waals surface area contributed by atoms with Crippen molar-refractivity contribution in [3.05, 3.63) is 58.1 Å². The van der Waals surface area contributed by atoms with Gasteiger partial charge in [-0.3, -0.25) is 10.1 Å². The first-order valence-corrected chi connectivity index (χ1v) is 5.69. The topological polar surface area (TPSA) is 75.4 Å². The first kappa shape index (κ1) is 14.6. The molecule has 21 heavy (non-hydrogen) atoms. The third-order valence-electron chi connectivity index (χ3n) is 2.63. The van der Waals surface area contributed by atoms with Gasteiger partial charge >= 0.3 is 6.18 Å². The highest BCUT2D eigenvalue weighted by atomic mass is 19.4. The molecule has 0 saturated carbocycles. The van der Waals surface area contributed by atoms with Crippen LogP contribution in [0.5, 0.6) is 5.75 Å². The lowest BCUT2D eigenvalue weighted by Gasteiger charge is -2.11. The quantitative estimate of drug-likeness (QED) is 0.661. The van der Waals surface area contributed by atoms with Gasteiger partial charge in [0.25, 0.3) is 5.69 Å². The Morgan fingerprint density at radius 1 is 1.10 bits per heavy atom. The van der Waals surface area contributed by atoms with Crippen LogP contribution in [0.15, 0.2) is 42.5 Å². The molecule has 0 aromatic heterocycles. The Hall–Kier alpha value is -2.77. The molecule has 0 aliphatic rings. The highest BCUT2D eigenvalue weighted by Gasteiger charge is 2.38. The molecule has 0 bridgehead atoms. The minimum atomic E-state index is -4.83. The molecule has 2 N–H and O–H groups in total. The monoisotopic (exact) mass is 298 g/mol. The van der Waals surface area contributed by atoms with Gasteiger partial charge in [-0.25, -0.2) is 0 Å². The Morgan fingerprint density at radius 2 is 1.76 bits per heavy atom. The number of nitrogens with zero attached hydrogens (tertiary/aromatic N) is 1. The zero-order valence-corrected chi connectivity index (χ0v) is 10.4. The molecule has 110 valence electrons. The van der Waals surface area contributed by atoms with Gasteiger partial charge in [-0.1, -0.05) is 6.07 Å². The van der Waals surface area contributed by atoms with E-state index in [4.69, 9.17) is 0 Å². The lowest BCUT2D eigenvalue weighted by molar-refractivity contribution is -0.388. The second-order valence-corrected chi connectivity index (χ2v) is 4.16. The smallest absolute Gasteiger partial charge is 0.423 e. The summed E-state index contributed by atoms with van der Waals surface area (Å²) >= 11 is 0. The van der Waals surface area contributed by atoms with Gasteiger partial charge < -0.3 is 10.4 Å². The van der Waals surface area contributed by atoms with Gasteiger partial charge in [0.1, 0.15) is 11.3 Å². The maximum Gasteiger partial charge on any atom is 0.423 e. The molecule has 0 unspecified atom stereocenters. The largest absolute Gasteiger partial charge is 0.508 e. The number of benzene rings is 2. The molecule has 0 aliphatic heterocycles. The van der Waals surface area contributed by atoms with Crippen LogP contribution in [0, 0.1) is 10.1 Å². The van der Waals surface area contributed by atoms with E-state index < -0.39 is 22.4 Å². The Balaban J connectivity index is 2.40. The van der Waals surface area contributed by atoms with Gasteiger partial charge in [0.2, 0.25) is 0 Å². The fraction of sp³-hybridized carbons (Fsp3) is 0.0769. The number of phenols is 1. The molecular weight excluding hydrogens is 289 g/mol. The summed E-state index contributed by atoms with van der Waals surface area (Å²) < 4.78 is 38.5. The van der Waals surface area contributed by atoms with Crippen LogP contribution >= 0.6 is 0 Å². The van der Waals surface area contributed by atoms with Crippen molar-refractivity contribution in [2.45, 2.75) is 6.18 Å². The van der Waals surface area contributed by atoms with Crippen LogP contribution in [-0.2, 0) is 6.18 Å². The first-order chi connectivity index (χ1) is 9.77. The molecular formula is C13H9F3N2O3. The molecule has 0 aliphatic carbocycles. The minimum Gasteiger partial charge on any atom is -0.508 e. The summed E-state index contributed by atoms with van der Waals surface area (Å²) in [6, 6.07) is 8.37. The highest BCUT2D eigenvalue weighted by Crippen LogP contribution is 2.38. The van der Waals surface area contributed by atoms with Crippen molar-refractivity contribution in [3.8, 4) is 5.75 Å². The number of anilines is 2. The van der Waals surface area contributed by atoms with E-state index in [2.05, 4.69) is 5.32 Å². The van der Waals surface area contributed by atoms with Crippen LogP contribution in [0.4, 0.5) is 30.2 Å². The third kappa shape index (κ3) is 3.41. The maximum absolute atomic E-state index is 12.8. The molecule has 0 saturated heterocycles. The van der Waals surface area contributed by atoms with Crippen molar-refractivity contribution < 1.29 is 23.2 Å². The SMILES string of the molecule is O=[N+]([O-])c1ccc(Nc2cccc(O)c2)cc1C(F)(F)F. The van der Waals surface area contributed by atoms with Crippen molar-refractivity contribution in [2.75, 3.05) is 5.32 Å². The average Bonchev–Trinajstić information content (AvgIpc) is 2.37. The summed E-state index contributed by atoms with van der Waals surface area (Å²) in [5.41, 5.74) is -1.96. The van der Waals surface area contributed by atoms with Crippen LogP contribution < -0.4 is 5.32 Å². The van der Waals surface area contributed by atoms with Gasteiger partial charge in [-0.15, -0.1) is 0 Å². The third-order valence-corrected chi connectivity index (χ3v) is 2.63. The van der Waals surface area contributed by atoms with Crippen molar-refractivity contribution in [1.82, 2.24) is 0 Å². The van der Waals surface area contributed by atoms with E-state index in [1.165, 1.54) is 24.3 Å². The fourth-order valence-electron chi connectivity index (χ4n) is 1.75. The minimum absolute atomic E-state index is 0.0264. The number of nitro benzene ring substituents is 1. The number of hydrogen-bond donors (Lipinski definition) is 2. The molecule has 2 aromatic carbocycles. The Kier molecular flexibility index (Phi) is 3.70. The second kappa shape index (κ2) is 5.31. The predicted octanol–water partition coefficient (Wildman–Crippen LogP) is 4.06. The van der Waals surface area contributed by atoms with E-state index in [1.54, 1.807) is 0 Å². The summed E-state index contributed by atoms with van der Waals surface area (Å²) in [7, 11) is 0. The second-order valence-electron chi connectivity index (χ2n) is 4.16. The van der Waals surface area contributed by atoms with Crippen LogP contribution in [0.3, 0.4) is 0 Å². The summed E-state index contributed by atoms with van der Waals surface area (Å²) in [5, 5.41) is 22.6. The highest BCUT2D eigenvalue weighted by molar-refractivity contribution is 5.64. The van der Waals surface area contributed by atoms with Crippen LogP contribution in [0.25, 0.3) is 0 Å². The molecule has 0 fully saturated rings. The fourth-order valence-corrected chi connectivity index (χ4v) is 1.75. The lowest BCUT2D eigenvalue weighted by atomic mass is 10.1. The number of nitrogens with one attached hydrogen (secondary N) is 1. The molecule has 2 rings (SSSR count). The molecule has 5 nitrogen and oxygen atoms in total. The number of hydrogen-bond acceptors (Lipinski definition) is 4. The van der Waals surface area contributed by atoms with E-state index in [9.17, 15) is 28.4 Å². The van der Waals surface area contributed by atoms with E-state index in [0.29, 0.717) is 11.8 Å². The summed E-state index contributed by atoms with van der Waals surface area (Å²) in [5.74, 6) is -0.0574. The van der Waals surface area contributed by atoms with Gasteiger partial charge in [0, 0.05) is 23.5 Å². The number of aromatic hydroxyl groups is 1. The molecule has 0 amide bonds. The van der Waals surface area contributed by atoms with Gasteiger partial charge in [-0.2, -0.15) is 13.2 Å². The first-order valence-electron chi connectivity index (χ1n) is 5.69. The summed E-state index contributed by atoms with van der Waals surface area (Å²) in [4.78, 5) is 9.55. The van der Waals surface area contributed by atoms with E-state index >= 15 is 0 Å². The molecule has 8 heteroatoms. The predicted molar refractivity (Wildman–Crippen MR) is 69.5 cm³/mol. The standard InChI is InChI=1S/C13H9F3N2O3/c14-13(15,16)11-7-9(4-5-12(11)18(20)21)17-8-2-1-3-10(19)6-8/h1-7,17,19H. The van der Waals surface area contributed by atoms with Gasteiger partial charge in [0.05, 0.1) is 4.92 Å². The number of halogens is 3. The summed E-state index contributed by atoms with van der Waals surface area (Å²) in [6.45, 7) is 0. The van der Waals surface area contributed by atoms with E-state index in [0.717, 1.165) is 12.1 Å². The molecule has 2 aromatic rings. The zero-order valence-electron chi connectivity index (χ0n) is 10.4. The van der Waals surface area contributed by atoms with Crippen molar-refractivity contribution in [1.29, 1.82) is 0 Å². The van der Waals surface area contributed by atoms with Crippen molar-refractivity contribution in [2.24, 2.45) is 0 Å². The van der Waals surface area contributed by atoms with Crippen molar-refractivity contribution in [3.63, 3.8) is 0 Å². The summed E-state index contributed by atoms with van der Waals surface area (Å²) in [6.07, 6.45) is -4.83. The lowest BCUT2D eigenvalue weighted by Crippen LogP contribution is -2.09. The molecule has 0 atom stereocenters. The normalized spacial score (nSPS) is 11.2. The van der Waals surface area contributed by atoms with Gasteiger partial charge in [0.15, 0.2) is 0 Å². The Bertz CT molecular complexity index is 687. The van der Waals surface area contributed by atoms with Crippen LogP contribution in [0.2, 0.25) is 0 Å².